The van der Waals surface area contributed by atoms with Gasteiger partial charge in [0.2, 0.25) is 0 Å². The highest BCUT2D eigenvalue weighted by atomic mass is 15.1. The molecule has 0 aliphatic rings. The molecule has 3 nitrogen and oxygen atoms in total. The quantitative estimate of drug-likeness (QED) is 0.724. The molecule has 2 aromatic rings. The van der Waals surface area contributed by atoms with E-state index in [0.29, 0.717) is 6.54 Å². The maximum atomic E-state index is 5.54. The topological polar surface area (TPSA) is 54.7 Å². The zero-order valence-corrected chi connectivity index (χ0v) is 7.67. The number of H-pyrrole nitrogens is 1. The molecule has 1 heterocycles. The highest BCUT2D eigenvalue weighted by molar-refractivity contribution is 5.82. The fraction of sp³-hybridized carbons (Fsp3) is 0.300. The van der Waals surface area contributed by atoms with Gasteiger partial charge in [0.15, 0.2) is 0 Å². The summed E-state index contributed by atoms with van der Waals surface area (Å²) >= 11 is 0. The van der Waals surface area contributed by atoms with Crippen LogP contribution in [0, 0.1) is 6.92 Å². The van der Waals surface area contributed by atoms with E-state index < -0.39 is 0 Å². The number of rotatable bonds is 2. The Hall–Kier alpha value is -1.35. The van der Waals surface area contributed by atoms with Crippen molar-refractivity contribution in [1.82, 2.24) is 10.2 Å². The Kier molecular flexibility index (Phi) is 2.02. The molecule has 0 aliphatic heterocycles. The molecule has 3 heteroatoms. The number of aromatic amines is 1. The maximum Gasteiger partial charge on any atom is 0.0682 e. The lowest BCUT2D eigenvalue weighted by Gasteiger charge is -2.02. The SMILES string of the molecule is Cc1cc(CCN)c2[nH]ncc2c1. The summed E-state index contributed by atoms with van der Waals surface area (Å²) in [6, 6.07) is 4.28. The minimum Gasteiger partial charge on any atom is -0.330 e. The van der Waals surface area contributed by atoms with Gasteiger partial charge in [-0.15, -0.1) is 0 Å². The second kappa shape index (κ2) is 3.18. The fourth-order valence-electron chi connectivity index (χ4n) is 1.65. The van der Waals surface area contributed by atoms with E-state index in [4.69, 9.17) is 5.73 Å². The number of fused-ring (bicyclic) bond motifs is 1. The lowest BCUT2D eigenvalue weighted by Crippen LogP contribution is -2.03. The van der Waals surface area contributed by atoms with Crippen LogP contribution in [0.2, 0.25) is 0 Å². The Labute approximate surface area is 76.9 Å². The summed E-state index contributed by atoms with van der Waals surface area (Å²) in [6.45, 7) is 2.77. The van der Waals surface area contributed by atoms with Crippen LogP contribution < -0.4 is 5.73 Å². The van der Waals surface area contributed by atoms with Crippen molar-refractivity contribution in [3.05, 3.63) is 29.5 Å². The number of nitrogens with one attached hydrogen (secondary N) is 1. The molecule has 0 aliphatic carbocycles. The first kappa shape index (κ1) is 8.26. The van der Waals surface area contributed by atoms with Gasteiger partial charge in [0, 0.05) is 5.39 Å². The van der Waals surface area contributed by atoms with Crippen LogP contribution in [-0.4, -0.2) is 16.7 Å². The minimum absolute atomic E-state index is 0.678. The van der Waals surface area contributed by atoms with Gasteiger partial charge >= 0.3 is 0 Å². The first-order chi connectivity index (χ1) is 6.31. The van der Waals surface area contributed by atoms with E-state index >= 15 is 0 Å². The van der Waals surface area contributed by atoms with Crippen molar-refractivity contribution < 1.29 is 0 Å². The first-order valence-corrected chi connectivity index (χ1v) is 4.44. The molecule has 0 fully saturated rings. The molecular formula is C10H13N3. The number of nitrogens with zero attached hydrogens (tertiary/aromatic N) is 1. The van der Waals surface area contributed by atoms with Crippen molar-refractivity contribution in [2.45, 2.75) is 13.3 Å². The smallest absolute Gasteiger partial charge is 0.0682 e. The molecule has 0 saturated carbocycles. The van der Waals surface area contributed by atoms with E-state index in [0.717, 1.165) is 11.9 Å². The fourth-order valence-corrected chi connectivity index (χ4v) is 1.65. The van der Waals surface area contributed by atoms with Crippen LogP contribution in [0.25, 0.3) is 10.9 Å². The summed E-state index contributed by atoms with van der Waals surface area (Å²) in [5.74, 6) is 0. The van der Waals surface area contributed by atoms with Crippen molar-refractivity contribution >= 4 is 10.9 Å². The standard InChI is InChI=1S/C10H13N3/c1-7-4-8(2-3-11)10-9(5-7)6-12-13-10/h4-6H,2-3,11H2,1H3,(H,12,13). The second-order valence-electron chi connectivity index (χ2n) is 3.30. The van der Waals surface area contributed by atoms with Crippen LogP contribution >= 0.6 is 0 Å². The van der Waals surface area contributed by atoms with Crippen LogP contribution in [0.5, 0.6) is 0 Å². The van der Waals surface area contributed by atoms with Gasteiger partial charge in [-0.1, -0.05) is 11.6 Å². The molecule has 0 saturated heterocycles. The summed E-state index contributed by atoms with van der Waals surface area (Å²) in [6.07, 6.45) is 2.75. The normalized spacial score (nSPS) is 10.9. The first-order valence-electron chi connectivity index (χ1n) is 4.44. The van der Waals surface area contributed by atoms with Crippen LogP contribution in [0.1, 0.15) is 11.1 Å². The number of aromatic nitrogens is 2. The molecule has 0 atom stereocenters. The van der Waals surface area contributed by atoms with Crippen molar-refractivity contribution in [2.75, 3.05) is 6.54 Å². The Morgan fingerprint density at radius 1 is 1.46 bits per heavy atom. The molecule has 2 rings (SSSR count). The average Bonchev–Trinajstić information content (AvgIpc) is 2.52. The zero-order valence-electron chi connectivity index (χ0n) is 7.67. The van der Waals surface area contributed by atoms with Gasteiger partial charge in [0.25, 0.3) is 0 Å². The number of aryl methyl sites for hydroxylation is 1. The number of benzene rings is 1. The molecule has 0 amide bonds. The predicted octanol–water partition coefficient (Wildman–Crippen LogP) is 1.37. The molecule has 1 aromatic heterocycles. The third-order valence-corrected chi connectivity index (χ3v) is 2.19. The Balaban J connectivity index is 2.63. The molecule has 3 N–H and O–H groups in total. The Morgan fingerprint density at radius 2 is 2.31 bits per heavy atom. The Morgan fingerprint density at radius 3 is 3.08 bits per heavy atom. The minimum atomic E-state index is 0.678. The summed E-state index contributed by atoms with van der Waals surface area (Å²) in [5.41, 5.74) is 9.18. The van der Waals surface area contributed by atoms with E-state index in [-0.39, 0.29) is 0 Å². The molecule has 1 aromatic carbocycles. The third kappa shape index (κ3) is 1.42. The molecule has 0 spiro atoms. The van der Waals surface area contributed by atoms with E-state index in [1.54, 1.807) is 0 Å². The van der Waals surface area contributed by atoms with Gasteiger partial charge in [0.1, 0.15) is 0 Å². The summed E-state index contributed by atoms with van der Waals surface area (Å²) in [4.78, 5) is 0. The third-order valence-electron chi connectivity index (χ3n) is 2.19. The predicted molar refractivity (Wildman–Crippen MR) is 53.6 cm³/mol. The van der Waals surface area contributed by atoms with Crippen molar-refractivity contribution in [3.63, 3.8) is 0 Å². The number of hydrogen-bond acceptors (Lipinski definition) is 2. The van der Waals surface area contributed by atoms with Crippen LogP contribution in [0.4, 0.5) is 0 Å². The molecular weight excluding hydrogens is 162 g/mol. The van der Waals surface area contributed by atoms with Crippen molar-refractivity contribution in [3.8, 4) is 0 Å². The van der Waals surface area contributed by atoms with Crippen LogP contribution in [-0.2, 0) is 6.42 Å². The molecule has 0 radical (unpaired) electrons. The van der Waals surface area contributed by atoms with E-state index in [2.05, 4.69) is 29.3 Å². The lowest BCUT2D eigenvalue weighted by atomic mass is 10.1. The monoisotopic (exact) mass is 175 g/mol. The zero-order chi connectivity index (χ0) is 9.26. The highest BCUT2D eigenvalue weighted by Crippen LogP contribution is 2.18. The van der Waals surface area contributed by atoms with Crippen molar-refractivity contribution in [1.29, 1.82) is 0 Å². The molecule has 0 unspecified atom stereocenters. The average molecular weight is 175 g/mol. The van der Waals surface area contributed by atoms with Gasteiger partial charge < -0.3 is 5.73 Å². The van der Waals surface area contributed by atoms with E-state index in [1.165, 1.54) is 16.5 Å². The Bertz CT molecular complexity index is 417. The highest BCUT2D eigenvalue weighted by Gasteiger charge is 2.02. The van der Waals surface area contributed by atoms with Crippen LogP contribution in [0.15, 0.2) is 18.3 Å². The number of nitrogens with two attached hydrogens (primary N) is 1. The molecule has 13 heavy (non-hydrogen) atoms. The van der Waals surface area contributed by atoms with Gasteiger partial charge in [-0.3, -0.25) is 5.10 Å². The summed E-state index contributed by atoms with van der Waals surface area (Å²) < 4.78 is 0. The van der Waals surface area contributed by atoms with E-state index in [9.17, 15) is 0 Å². The second-order valence-corrected chi connectivity index (χ2v) is 3.30. The van der Waals surface area contributed by atoms with Gasteiger partial charge in [-0.05, 0) is 31.5 Å². The van der Waals surface area contributed by atoms with Crippen molar-refractivity contribution in [2.24, 2.45) is 5.73 Å². The summed E-state index contributed by atoms with van der Waals surface area (Å²) in [7, 11) is 0. The van der Waals surface area contributed by atoms with Gasteiger partial charge in [-0.2, -0.15) is 5.10 Å². The number of hydrogen-bond donors (Lipinski definition) is 2. The molecule has 68 valence electrons. The van der Waals surface area contributed by atoms with Gasteiger partial charge in [-0.25, -0.2) is 0 Å². The maximum absolute atomic E-state index is 5.54. The molecule has 0 bridgehead atoms. The largest absolute Gasteiger partial charge is 0.330 e. The van der Waals surface area contributed by atoms with E-state index in [1.807, 2.05) is 6.20 Å². The van der Waals surface area contributed by atoms with Gasteiger partial charge in [0.05, 0.1) is 11.7 Å². The summed E-state index contributed by atoms with van der Waals surface area (Å²) in [5, 5.41) is 8.18. The van der Waals surface area contributed by atoms with Crippen LogP contribution in [0.3, 0.4) is 0 Å². The lowest BCUT2D eigenvalue weighted by molar-refractivity contribution is 0.968.